The smallest absolute Gasteiger partial charge is 0.134 e. The number of nitrogens with one attached hydrogen (secondary N) is 2. The third kappa shape index (κ3) is 2.42. The molecule has 2 N–H and O–H groups in total. The first-order chi connectivity index (χ1) is 8.81. The standard InChI is InChI=1S/C15H22N2O/c1-4-11(9-16-2)15(17-3)13-10-18-14-8-6-5-7-12(13)14/h5-8,10-11,15-17H,4,9H2,1-3H3. The van der Waals surface area contributed by atoms with Gasteiger partial charge in [-0.25, -0.2) is 0 Å². The largest absolute Gasteiger partial charge is 0.464 e. The topological polar surface area (TPSA) is 37.2 Å². The minimum atomic E-state index is 0.325. The molecule has 0 radical (unpaired) electrons. The van der Waals surface area contributed by atoms with Crippen LogP contribution in [0.5, 0.6) is 0 Å². The SMILES string of the molecule is CCC(CNC)C(NC)c1coc2ccccc12. The molecule has 2 atom stereocenters. The Morgan fingerprint density at radius 3 is 2.67 bits per heavy atom. The van der Waals surface area contributed by atoms with Gasteiger partial charge in [0.25, 0.3) is 0 Å². The molecule has 2 unspecified atom stereocenters. The van der Waals surface area contributed by atoms with Crippen molar-refractivity contribution >= 4 is 11.0 Å². The Hall–Kier alpha value is -1.32. The van der Waals surface area contributed by atoms with Crippen LogP contribution in [0.25, 0.3) is 11.0 Å². The normalized spacial score (nSPS) is 14.8. The summed E-state index contributed by atoms with van der Waals surface area (Å²) in [5, 5.41) is 7.92. The number of furan rings is 1. The second-order valence-electron chi connectivity index (χ2n) is 4.68. The van der Waals surface area contributed by atoms with Crippen LogP contribution in [0.3, 0.4) is 0 Å². The van der Waals surface area contributed by atoms with Crippen molar-refractivity contribution in [2.45, 2.75) is 19.4 Å². The highest BCUT2D eigenvalue weighted by molar-refractivity contribution is 5.81. The van der Waals surface area contributed by atoms with Crippen molar-refractivity contribution in [1.29, 1.82) is 0 Å². The predicted octanol–water partition coefficient (Wildman–Crippen LogP) is 2.94. The van der Waals surface area contributed by atoms with Crippen molar-refractivity contribution < 1.29 is 4.42 Å². The summed E-state index contributed by atoms with van der Waals surface area (Å²) in [5.74, 6) is 0.556. The minimum absolute atomic E-state index is 0.325. The van der Waals surface area contributed by atoms with E-state index in [1.54, 1.807) is 0 Å². The Balaban J connectivity index is 2.37. The summed E-state index contributed by atoms with van der Waals surface area (Å²) in [4.78, 5) is 0. The van der Waals surface area contributed by atoms with Crippen LogP contribution in [0.2, 0.25) is 0 Å². The molecule has 3 nitrogen and oxygen atoms in total. The van der Waals surface area contributed by atoms with Crippen LogP contribution >= 0.6 is 0 Å². The number of para-hydroxylation sites is 1. The predicted molar refractivity (Wildman–Crippen MR) is 75.7 cm³/mol. The van der Waals surface area contributed by atoms with Crippen LogP contribution < -0.4 is 10.6 Å². The van der Waals surface area contributed by atoms with E-state index in [1.807, 2.05) is 32.5 Å². The summed E-state index contributed by atoms with van der Waals surface area (Å²) >= 11 is 0. The maximum Gasteiger partial charge on any atom is 0.134 e. The molecule has 98 valence electrons. The molecule has 1 aromatic carbocycles. The highest BCUT2D eigenvalue weighted by atomic mass is 16.3. The summed E-state index contributed by atoms with van der Waals surface area (Å²) in [7, 11) is 4.02. The van der Waals surface area contributed by atoms with E-state index in [2.05, 4.69) is 29.7 Å². The van der Waals surface area contributed by atoms with Gasteiger partial charge < -0.3 is 15.1 Å². The van der Waals surface area contributed by atoms with Crippen molar-refractivity contribution in [2.24, 2.45) is 5.92 Å². The monoisotopic (exact) mass is 246 g/mol. The second kappa shape index (κ2) is 6.03. The molecule has 0 aliphatic carbocycles. The maximum absolute atomic E-state index is 5.64. The lowest BCUT2D eigenvalue weighted by Gasteiger charge is -2.25. The number of rotatable bonds is 6. The van der Waals surface area contributed by atoms with Crippen LogP contribution in [0, 0.1) is 5.92 Å². The summed E-state index contributed by atoms with van der Waals surface area (Å²) in [6.07, 6.45) is 3.02. The molecule has 1 heterocycles. The van der Waals surface area contributed by atoms with Crippen molar-refractivity contribution in [2.75, 3.05) is 20.6 Å². The highest BCUT2D eigenvalue weighted by Crippen LogP contribution is 2.31. The molecule has 0 spiro atoms. The van der Waals surface area contributed by atoms with Gasteiger partial charge in [0.05, 0.1) is 6.26 Å². The fourth-order valence-corrected chi connectivity index (χ4v) is 2.64. The first-order valence-corrected chi connectivity index (χ1v) is 6.59. The van der Waals surface area contributed by atoms with Crippen molar-refractivity contribution in [3.63, 3.8) is 0 Å². The molecule has 0 bridgehead atoms. The lowest BCUT2D eigenvalue weighted by molar-refractivity contribution is 0.359. The average molecular weight is 246 g/mol. The number of benzene rings is 1. The molecule has 0 saturated carbocycles. The van der Waals surface area contributed by atoms with Crippen LogP contribution in [0.1, 0.15) is 24.9 Å². The van der Waals surface area contributed by atoms with Gasteiger partial charge in [-0.3, -0.25) is 0 Å². The quantitative estimate of drug-likeness (QED) is 0.823. The fourth-order valence-electron chi connectivity index (χ4n) is 2.64. The van der Waals surface area contributed by atoms with E-state index < -0.39 is 0 Å². The zero-order valence-corrected chi connectivity index (χ0v) is 11.4. The molecule has 0 saturated heterocycles. The van der Waals surface area contributed by atoms with Crippen LogP contribution in [0.15, 0.2) is 34.9 Å². The highest BCUT2D eigenvalue weighted by Gasteiger charge is 2.23. The zero-order valence-electron chi connectivity index (χ0n) is 11.4. The fraction of sp³-hybridized carbons (Fsp3) is 0.467. The number of hydrogen-bond donors (Lipinski definition) is 2. The van der Waals surface area contributed by atoms with Crippen LogP contribution in [0.4, 0.5) is 0 Å². The number of fused-ring (bicyclic) bond motifs is 1. The molecule has 3 heteroatoms. The first kappa shape index (κ1) is 13.1. The lowest BCUT2D eigenvalue weighted by atomic mass is 9.90. The van der Waals surface area contributed by atoms with E-state index in [0.29, 0.717) is 12.0 Å². The van der Waals surface area contributed by atoms with E-state index in [9.17, 15) is 0 Å². The van der Waals surface area contributed by atoms with Gasteiger partial charge in [-0.2, -0.15) is 0 Å². The van der Waals surface area contributed by atoms with Crippen molar-refractivity contribution in [1.82, 2.24) is 10.6 Å². The van der Waals surface area contributed by atoms with Gasteiger partial charge in [-0.15, -0.1) is 0 Å². The van der Waals surface area contributed by atoms with Gasteiger partial charge in [0, 0.05) is 17.0 Å². The Morgan fingerprint density at radius 1 is 1.22 bits per heavy atom. The summed E-state index contributed by atoms with van der Waals surface area (Å²) in [6, 6.07) is 8.54. The second-order valence-corrected chi connectivity index (χ2v) is 4.68. The molecule has 1 aromatic heterocycles. The summed E-state index contributed by atoms with van der Waals surface area (Å²) < 4.78 is 5.64. The van der Waals surface area contributed by atoms with Gasteiger partial charge in [0.1, 0.15) is 5.58 Å². The average Bonchev–Trinajstić information content (AvgIpc) is 2.83. The van der Waals surface area contributed by atoms with E-state index in [4.69, 9.17) is 4.42 Å². The minimum Gasteiger partial charge on any atom is -0.464 e. The van der Waals surface area contributed by atoms with Crippen molar-refractivity contribution in [3.8, 4) is 0 Å². The Morgan fingerprint density at radius 2 is 2.00 bits per heavy atom. The third-order valence-electron chi connectivity index (χ3n) is 3.62. The maximum atomic E-state index is 5.64. The Kier molecular flexibility index (Phi) is 4.39. The molecule has 0 amide bonds. The van der Waals surface area contributed by atoms with Gasteiger partial charge in [0.2, 0.25) is 0 Å². The number of hydrogen-bond acceptors (Lipinski definition) is 3. The lowest BCUT2D eigenvalue weighted by Crippen LogP contribution is -2.31. The molecule has 0 fully saturated rings. The molecule has 18 heavy (non-hydrogen) atoms. The summed E-state index contributed by atoms with van der Waals surface area (Å²) in [5.41, 5.74) is 2.22. The first-order valence-electron chi connectivity index (χ1n) is 6.59. The Bertz CT molecular complexity index is 492. The van der Waals surface area contributed by atoms with Crippen LogP contribution in [-0.2, 0) is 0 Å². The molecule has 2 aromatic rings. The molecular formula is C15H22N2O. The molecule has 0 aliphatic rings. The third-order valence-corrected chi connectivity index (χ3v) is 3.62. The van der Waals surface area contributed by atoms with Gasteiger partial charge >= 0.3 is 0 Å². The van der Waals surface area contributed by atoms with E-state index in [1.165, 1.54) is 10.9 Å². The summed E-state index contributed by atoms with van der Waals surface area (Å²) in [6.45, 7) is 3.23. The van der Waals surface area contributed by atoms with Gasteiger partial charge in [0.15, 0.2) is 0 Å². The molecule has 2 rings (SSSR count). The zero-order chi connectivity index (χ0) is 13.0. The van der Waals surface area contributed by atoms with Gasteiger partial charge in [-0.1, -0.05) is 31.5 Å². The molecular weight excluding hydrogens is 224 g/mol. The molecule has 0 aliphatic heterocycles. The van der Waals surface area contributed by atoms with Crippen LogP contribution in [-0.4, -0.2) is 20.6 Å². The van der Waals surface area contributed by atoms with E-state index >= 15 is 0 Å². The Labute approximate surface area is 109 Å². The van der Waals surface area contributed by atoms with Crippen molar-refractivity contribution in [3.05, 3.63) is 36.1 Å². The van der Waals surface area contributed by atoms with E-state index in [0.717, 1.165) is 18.5 Å². The van der Waals surface area contributed by atoms with Gasteiger partial charge in [-0.05, 0) is 32.6 Å². The van der Waals surface area contributed by atoms with E-state index in [-0.39, 0.29) is 0 Å².